The summed E-state index contributed by atoms with van der Waals surface area (Å²) in [6.45, 7) is 3.36. The number of fused-ring (bicyclic) bond motifs is 2. The lowest BCUT2D eigenvalue weighted by Crippen LogP contribution is -2.35. The quantitative estimate of drug-likeness (QED) is 0.821. The van der Waals surface area contributed by atoms with E-state index < -0.39 is 0 Å². The Hall–Kier alpha value is -1.55. The summed E-state index contributed by atoms with van der Waals surface area (Å²) in [4.78, 5) is 7.00. The van der Waals surface area contributed by atoms with Gasteiger partial charge in [-0.15, -0.1) is 0 Å². The van der Waals surface area contributed by atoms with Crippen molar-refractivity contribution in [1.82, 2.24) is 4.98 Å². The molecule has 3 unspecified atom stereocenters. The van der Waals surface area contributed by atoms with E-state index in [9.17, 15) is 5.11 Å². The molecule has 2 heterocycles. The second-order valence-electron chi connectivity index (χ2n) is 7.41. The van der Waals surface area contributed by atoms with Crippen LogP contribution in [0.3, 0.4) is 0 Å². The minimum Gasteiger partial charge on any atom is -0.396 e. The molecule has 2 bridgehead atoms. The highest BCUT2D eigenvalue weighted by Crippen LogP contribution is 2.43. The maximum Gasteiger partial charge on any atom is 0.151 e. The number of pyridine rings is 1. The Morgan fingerprint density at radius 2 is 2.09 bits per heavy atom. The number of piperidine rings is 1. The van der Waals surface area contributed by atoms with Crippen LogP contribution in [-0.2, 0) is 0 Å². The Labute approximate surface area is 138 Å². The first-order chi connectivity index (χ1) is 11.3. The van der Waals surface area contributed by atoms with Crippen molar-refractivity contribution in [3.05, 3.63) is 30.5 Å². The SMILES string of the molecule is OCC1CCN(c2ncccc2NCC2CC3C=CC2C3)CC1. The van der Waals surface area contributed by atoms with Gasteiger partial charge in [0.05, 0.1) is 5.69 Å². The number of hydrogen-bond donors (Lipinski definition) is 2. The van der Waals surface area contributed by atoms with Gasteiger partial charge in [0.15, 0.2) is 5.82 Å². The van der Waals surface area contributed by atoms with Gasteiger partial charge in [0.1, 0.15) is 0 Å². The zero-order valence-corrected chi connectivity index (χ0v) is 13.7. The fraction of sp³-hybridized carbons (Fsp3) is 0.632. The third-order valence-corrected chi connectivity index (χ3v) is 5.93. The number of aliphatic hydroxyl groups excluding tert-OH is 1. The number of aromatic nitrogens is 1. The predicted molar refractivity (Wildman–Crippen MR) is 93.6 cm³/mol. The number of nitrogens with zero attached hydrogens (tertiary/aromatic N) is 2. The smallest absolute Gasteiger partial charge is 0.151 e. The van der Waals surface area contributed by atoms with Gasteiger partial charge in [-0.2, -0.15) is 0 Å². The number of aliphatic hydroxyl groups is 1. The van der Waals surface area contributed by atoms with Crippen LogP contribution >= 0.6 is 0 Å². The van der Waals surface area contributed by atoms with Crippen molar-refractivity contribution in [2.24, 2.45) is 23.7 Å². The maximum atomic E-state index is 9.31. The van der Waals surface area contributed by atoms with Crippen LogP contribution in [0, 0.1) is 23.7 Å². The standard InChI is InChI=1S/C19H27N3O/c23-13-14-5-8-22(9-6-14)19-18(2-1-7-20-19)21-12-17-11-15-3-4-16(17)10-15/h1-4,7,14-17,21,23H,5-6,8-13H2. The molecule has 0 radical (unpaired) electrons. The molecule has 0 spiro atoms. The van der Waals surface area contributed by atoms with Crippen LogP contribution in [0.5, 0.6) is 0 Å². The Kier molecular flexibility index (Phi) is 4.25. The lowest BCUT2D eigenvalue weighted by Gasteiger charge is -2.33. The molecule has 4 rings (SSSR count). The van der Waals surface area contributed by atoms with Gasteiger partial charge in [-0.3, -0.25) is 0 Å². The average molecular weight is 313 g/mol. The summed E-state index contributed by atoms with van der Waals surface area (Å²) in [7, 11) is 0. The van der Waals surface area contributed by atoms with Gasteiger partial charge in [-0.1, -0.05) is 12.2 Å². The highest BCUT2D eigenvalue weighted by atomic mass is 16.3. The number of allylic oxidation sites excluding steroid dienone is 2. The summed E-state index contributed by atoms with van der Waals surface area (Å²) in [6.07, 6.45) is 11.5. The predicted octanol–water partition coefficient (Wildman–Crippen LogP) is 2.91. The van der Waals surface area contributed by atoms with E-state index in [-0.39, 0.29) is 0 Å². The number of hydrogen-bond acceptors (Lipinski definition) is 4. The molecular formula is C19H27N3O. The van der Waals surface area contributed by atoms with E-state index in [1.807, 2.05) is 12.3 Å². The largest absolute Gasteiger partial charge is 0.396 e. The normalized spacial score (nSPS) is 30.1. The molecule has 1 aromatic heterocycles. The van der Waals surface area contributed by atoms with Crippen LogP contribution in [0.2, 0.25) is 0 Å². The molecule has 2 N–H and O–H groups in total. The summed E-state index contributed by atoms with van der Waals surface area (Å²) >= 11 is 0. The second kappa shape index (κ2) is 6.52. The number of nitrogens with one attached hydrogen (secondary N) is 1. The van der Waals surface area contributed by atoms with E-state index in [0.29, 0.717) is 12.5 Å². The molecule has 0 aromatic carbocycles. The average Bonchev–Trinajstić information content (AvgIpc) is 3.23. The van der Waals surface area contributed by atoms with Crippen molar-refractivity contribution >= 4 is 11.5 Å². The Bertz CT molecular complexity index is 565. The third-order valence-electron chi connectivity index (χ3n) is 5.93. The van der Waals surface area contributed by atoms with E-state index in [1.165, 1.54) is 18.5 Å². The first-order valence-corrected chi connectivity index (χ1v) is 9.06. The molecule has 2 aliphatic carbocycles. The molecule has 0 amide bonds. The van der Waals surface area contributed by atoms with Crippen molar-refractivity contribution in [2.45, 2.75) is 25.7 Å². The van der Waals surface area contributed by atoms with Crippen LogP contribution in [0.4, 0.5) is 11.5 Å². The lowest BCUT2D eigenvalue weighted by atomic mass is 9.93. The summed E-state index contributed by atoms with van der Waals surface area (Å²) < 4.78 is 0. The van der Waals surface area contributed by atoms with Crippen LogP contribution < -0.4 is 10.2 Å². The summed E-state index contributed by atoms with van der Waals surface area (Å²) in [5.74, 6) is 3.94. The van der Waals surface area contributed by atoms with Gasteiger partial charge in [0.25, 0.3) is 0 Å². The van der Waals surface area contributed by atoms with E-state index in [4.69, 9.17) is 0 Å². The highest BCUT2D eigenvalue weighted by Gasteiger charge is 2.35. The monoisotopic (exact) mass is 313 g/mol. The van der Waals surface area contributed by atoms with E-state index in [2.05, 4.69) is 33.4 Å². The molecule has 3 atom stereocenters. The molecule has 4 nitrogen and oxygen atoms in total. The molecule has 3 aliphatic rings. The van der Waals surface area contributed by atoms with Crippen LogP contribution in [0.25, 0.3) is 0 Å². The minimum absolute atomic E-state index is 0.318. The van der Waals surface area contributed by atoms with E-state index >= 15 is 0 Å². The topological polar surface area (TPSA) is 48.4 Å². The van der Waals surface area contributed by atoms with Gasteiger partial charge in [0, 0.05) is 32.4 Å². The molecule has 2 fully saturated rings. The first-order valence-electron chi connectivity index (χ1n) is 9.06. The zero-order valence-electron chi connectivity index (χ0n) is 13.7. The summed E-state index contributed by atoms with van der Waals surface area (Å²) in [5, 5.41) is 13.0. The van der Waals surface area contributed by atoms with Crippen LogP contribution in [0.15, 0.2) is 30.5 Å². The second-order valence-corrected chi connectivity index (χ2v) is 7.41. The molecular weight excluding hydrogens is 286 g/mol. The summed E-state index contributed by atoms with van der Waals surface area (Å²) in [5.41, 5.74) is 1.17. The Morgan fingerprint density at radius 1 is 1.22 bits per heavy atom. The minimum atomic E-state index is 0.318. The highest BCUT2D eigenvalue weighted by molar-refractivity contribution is 5.65. The van der Waals surface area contributed by atoms with Crippen molar-refractivity contribution in [3.63, 3.8) is 0 Å². The fourth-order valence-corrected chi connectivity index (χ4v) is 4.48. The van der Waals surface area contributed by atoms with Gasteiger partial charge < -0.3 is 15.3 Å². The Balaban J connectivity index is 1.40. The fourth-order valence-electron chi connectivity index (χ4n) is 4.48. The van der Waals surface area contributed by atoms with Gasteiger partial charge in [0.2, 0.25) is 0 Å². The lowest BCUT2D eigenvalue weighted by molar-refractivity contribution is 0.203. The van der Waals surface area contributed by atoms with Gasteiger partial charge >= 0.3 is 0 Å². The Morgan fingerprint density at radius 3 is 2.78 bits per heavy atom. The van der Waals surface area contributed by atoms with E-state index in [1.54, 1.807) is 0 Å². The third kappa shape index (κ3) is 3.09. The van der Waals surface area contributed by atoms with Crippen molar-refractivity contribution < 1.29 is 5.11 Å². The molecule has 1 aliphatic heterocycles. The van der Waals surface area contributed by atoms with Gasteiger partial charge in [-0.25, -0.2) is 4.98 Å². The van der Waals surface area contributed by atoms with Crippen LogP contribution in [0.1, 0.15) is 25.7 Å². The van der Waals surface area contributed by atoms with Crippen LogP contribution in [-0.4, -0.2) is 36.3 Å². The molecule has 124 valence electrons. The maximum absolute atomic E-state index is 9.31. The first kappa shape index (κ1) is 15.0. The molecule has 1 saturated carbocycles. The molecule has 23 heavy (non-hydrogen) atoms. The van der Waals surface area contributed by atoms with E-state index in [0.717, 1.165) is 56.0 Å². The number of anilines is 2. The number of rotatable bonds is 5. The molecule has 4 heteroatoms. The van der Waals surface area contributed by atoms with Crippen molar-refractivity contribution in [2.75, 3.05) is 36.5 Å². The summed E-state index contributed by atoms with van der Waals surface area (Å²) in [6, 6.07) is 4.18. The molecule has 1 saturated heterocycles. The molecule has 1 aromatic rings. The van der Waals surface area contributed by atoms with Gasteiger partial charge in [-0.05, 0) is 61.5 Å². The van der Waals surface area contributed by atoms with Crippen molar-refractivity contribution in [1.29, 1.82) is 0 Å². The zero-order chi connectivity index (χ0) is 15.6. The van der Waals surface area contributed by atoms with Crippen molar-refractivity contribution in [3.8, 4) is 0 Å².